The predicted molar refractivity (Wildman–Crippen MR) is 41.7 cm³/mol. The van der Waals surface area contributed by atoms with E-state index in [2.05, 4.69) is 9.97 Å². The number of aliphatic hydroxyl groups excluding tert-OH is 1. The van der Waals surface area contributed by atoms with E-state index in [0.717, 1.165) is 12.2 Å². The van der Waals surface area contributed by atoms with E-state index >= 15 is 0 Å². The Kier molecular flexibility index (Phi) is 2.62. The van der Waals surface area contributed by atoms with Gasteiger partial charge in [-0.3, -0.25) is 0 Å². The van der Waals surface area contributed by atoms with Crippen molar-refractivity contribution < 1.29 is 5.11 Å². The first-order valence-corrected chi connectivity index (χ1v) is 3.68. The van der Waals surface area contributed by atoms with Crippen LogP contribution in [-0.2, 0) is 6.61 Å². The quantitative estimate of drug-likeness (QED) is 0.588. The summed E-state index contributed by atoms with van der Waals surface area (Å²) in [6.07, 6.45) is 2.45. The van der Waals surface area contributed by atoms with Crippen molar-refractivity contribution in [3.63, 3.8) is 0 Å². The number of aromatic amines is 1. The molecule has 0 spiro atoms. The van der Waals surface area contributed by atoms with E-state index in [1.807, 2.05) is 6.92 Å². The van der Waals surface area contributed by atoms with Crippen LogP contribution in [0.4, 0.5) is 0 Å². The van der Waals surface area contributed by atoms with E-state index in [9.17, 15) is 0 Å². The molecule has 0 saturated heterocycles. The fourth-order valence-electron chi connectivity index (χ4n) is 0.839. The van der Waals surface area contributed by atoms with Crippen LogP contribution < -0.4 is 5.73 Å². The SMILES string of the molecule is CCC(N)c1ncc(CO)[nH]1. The van der Waals surface area contributed by atoms with Crippen LogP contribution in [0, 0.1) is 0 Å². The standard InChI is InChI=1S/C7H13N3O/c1-2-6(8)7-9-3-5(4-11)10-7/h3,6,11H,2,4,8H2,1H3,(H,9,10). The van der Waals surface area contributed by atoms with Gasteiger partial charge in [0.25, 0.3) is 0 Å². The molecule has 0 saturated carbocycles. The van der Waals surface area contributed by atoms with Crippen LogP contribution >= 0.6 is 0 Å². The monoisotopic (exact) mass is 155 g/mol. The number of aromatic nitrogens is 2. The Bertz CT molecular complexity index is 221. The second-order valence-electron chi connectivity index (χ2n) is 2.47. The predicted octanol–water partition coefficient (Wildman–Crippen LogP) is 0.312. The molecule has 0 bridgehead atoms. The lowest BCUT2D eigenvalue weighted by atomic mass is 10.2. The molecule has 0 radical (unpaired) electrons. The van der Waals surface area contributed by atoms with Gasteiger partial charge < -0.3 is 15.8 Å². The maximum absolute atomic E-state index is 8.69. The minimum Gasteiger partial charge on any atom is -0.390 e. The summed E-state index contributed by atoms with van der Waals surface area (Å²) in [7, 11) is 0. The molecule has 1 aromatic heterocycles. The molecular weight excluding hydrogens is 142 g/mol. The fourth-order valence-corrected chi connectivity index (χ4v) is 0.839. The van der Waals surface area contributed by atoms with Crippen LogP contribution in [0.2, 0.25) is 0 Å². The van der Waals surface area contributed by atoms with Gasteiger partial charge >= 0.3 is 0 Å². The molecule has 1 aromatic rings. The average molecular weight is 155 g/mol. The largest absolute Gasteiger partial charge is 0.390 e. The summed E-state index contributed by atoms with van der Waals surface area (Å²) in [5, 5.41) is 8.69. The first kappa shape index (κ1) is 8.23. The van der Waals surface area contributed by atoms with Crippen LogP contribution in [0.15, 0.2) is 6.20 Å². The summed E-state index contributed by atoms with van der Waals surface area (Å²) in [4.78, 5) is 6.94. The zero-order valence-corrected chi connectivity index (χ0v) is 6.54. The van der Waals surface area contributed by atoms with Gasteiger partial charge in [0, 0.05) is 0 Å². The summed E-state index contributed by atoms with van der Waals surface area (Å²) in [6, 6.07) is -0.0460. The Morgan fingerprint density at radius 3 is 3.00 bits per heavy atom. The Hall–Kier alpha value is -0.870. The summed E-state index contributed by atoms with van der Waals surface area (Å²) in [5.74, 6) is 0.747. The molecule has 4 heteroatoms. The van der Waals surface area contributed by atoms with E-state index in [1.165, 1.54) is 0 Å². The molecule has 1 rings (SSSR count). The van der Waals surface area contributed by atoms with Gasteiger partial charge in [0.05, 0.1) is 24.5 Å². The Morgan fingerprint density at radius 1 is 1.82 bits per heavy atom. The Labute approximate surface area is 65.5 Å². The number of hydrogen-bond acceptors (Lipinski definition) is 3. The number of H-pyrrole nitrogens is 1. The molecule has 0 aliphatic heterocycles. The highest BCUT2D eigenvalue weighted by atomic mass is 16.3. The third-order valence-electron chi connectivity index (χ3n) is 1.61. The van der Waals surface area contributed by atoms with Crippen LogP contribution in [0.25, 0.3) is 0 Å². The van der Waals surface area contributed by atoms with E-state index in [1.54, 1.807) is 6.20 Å². The molecule has 0 amide bonds. The smallest absolute Gasteiger partial charge is 0.123 e. The van der Waals surface area contributed by atoms with Gasteiger partial charge in [-0.05, 0) is 6.42 Å². The first-order chi connectivity index (χ1) is 5.27. The van der Waals surface area contributed by atoms with Crippen molar-refractivity contribution in [1.29, 1.82) is 0 Å². The van der Waals surface area contributed by atoms with Crippen LogP contribution in [-0.4, -0.2) is 15.1 Å². The fraction of sp³-hybridized carbons (Fsp3) is 0.571. The average Bonchev–Trinajstić information content (AvgIpc) is 2.50. The zero-order valence-electron chi connectivity index (χ0n) is 6.54. The number of hydrogen-bond donors (Lipinski definition) is 3. The number of rotatable bonds is 3. The molecule has 4 N–H and O–H groups in total. The van der Waals surface area contributed by atoms with E-state index < -0.39 is 0 Å². The summed E-state index contributed by atoms with van der Waals surface area (Å²) in [6.45, 7) is 1.98. The molecule has 4 nitrogen and oxygen atoms in total. The Morgan fingerprint density at radius 2 is 2.55 bits per heavy atom. The van der Waals surface area contributed by atoms with Gasteiger partial charge in [-0.15, -0.1) is 0 Å². The molecule has 0 aromatic carbocycles. The lowest BCUT2D eigenvalue weighted by Crippen LogP contribution is -2.10. The van der Waals surface area contributed by atoms with E-state index in [-0.39, 0.29) is 12.6 Å². The van der Waals surface area contributed by atoms with Crippen LogP contribution in [0.5, 0.6) is 0 Å². The van der Waals surface area contributed by atoms with Gasteiger partial charge in [-0.2, -0.15) is 0 Å². The third kappa shape index (κ3) is 1.78. The third-order valence-corrected chi connectivity index (χ3v) is 1.61. The number of nitrogens with one attached hydrogen (secondary N) is 1. The highest BCUT2D eigenvalue weighted by molar-refractivity contribution is 5.02. The van der Waals surface area contributed by atoms with Gasteiger partial charge in [-0.1, -0.05) is 6.92 Å². The molecular formula is C7H13N3O. The number of imidazole rings is 1. The van der Waals surface area contributed by atoms with Gasteiger partial charge in [-0.25, -0.2) is 4.98 Å². The van der Waals surface area contributed by atoms with Gasteiger partial charge in [0.15, 0.2) is 0 Å². The van der Waals surface area contributed by atoms with Gasteiger partial charge in [0.1, 0.15) is 5.82 Å². The molecule has 0 aliphatic carbocycles. The van der Waals surface area contributed by atoms with Crippen molar-refractivity contribution >= 4 is 0 Å². The normalized spacial score (nSPS) is 13.4. The van der Waals surface area contributed by atoms with Gasteiger partial charge in [0.2, 0.25) is 0 Å². The molecule has 0 fully saturated rings. The molecule has 1 heterocycles. The van der Waals surface area contributed by atoms with Crippen molar-refractivity contribution in [3.8, 4) is 0 Å². The van der Waals surface area contributed by atoms with Crippen molar-refractivity contribution in [1.82, 2.24) is 9.97 Å². The molecule has 0 aliphatic rings. The lowest BCUT2D eigenvalue weighted by Gasteiger charge is -2.02. The Balaban J connectivity index is 2.71. The summed E-state index contributed by atoms with van der Waals surface area (Å²) in [5.41, 5.74) is 6.40. The molecule has 11 heavy (non-hydrogen) atoms. The van der Waals surface area contributed by atoms with E-state index in [0.29, 0.717) is 5.69 Å². The number of aliphatic hydroxyl groups is 1. The number of nitrogens with two attached hydrogens (primary N) is 1. The topological polar surface area (TPSA) is 74.9 Å². The molecule has 1 atom stereocenters. The number of nitrogens with zero attached hydrogens (tertiary/aromatic N) is 1. The van der Waals surface area contributed by atoms with Crippen LogP contribution in [0.3, 0.4) is 0 Å². The highest BCUT2D eigenvalue weighted by Crippen LogP contribution is 2.08. The second-order valence-corrected chi connectivity index (χ2v) is 2.47. The zero-order chi connectivity index (χ0) is 8.27. The maximum atomic E-state index is 8.69. The first-order valence-electron chi connectivity index (χ1n) is 3.68. The molecule has 1 unspecified atom stereocenters. The molecule has 62 valence electrons. The van der Waals surface area contributed by atoms with Crippen molar-refractivity contribution in [2.75, 3.05) is 0 Å². The van der Waals surface area contributed by atoms with E-state index in [4.69, 9.17) is 10.8 Å². The second kappa shape index (κ2) is 3.50. The lowest BCUT2D eigenvalue weighted by molar-refractivity contribution is 0.277. The summed E-state index contributed by atoms with van der Waals surface area (Å²) < 4.78 is 0. The minimum atomic E-state index is -0.0460. The van der Waals surface area contributed by atoms with Crippen molar-refractivity contribution in [2.45, 2.75) is 26.0 Å². The highest BCUT2D eigenvalue weighted by Gasteiger charge is 2.06. The summed E-state index contributed by atoms with van der Waals surface area (Å²) >= 11 is 0. The van der Waals surface area contributed by atoms with Crippen molar-refractivity contribution in [3.05, 3.63) is 17.7 Å². The van der Waals surface area contributed by atoms with Crippen LogP contribution in [0.1, 0.15) is 30.9 Å². The van der Waals surface area contributed by atoms with Crippen molar-refractivity contribution in [2.24, 2.45) is 5.73 Å². The maximum Gasteiger partial charge on any atom is 0.123 e. The minimum absolute atomic E-state index is 0.0105.